The van der Waals surface area contributed by atoms with E-state index in [1.807, 2.05) is 6.92 Å². The second-order valence-corrected chi connectivity index (χ2v) is 9.89. The molecule has 164 valence electrons. The average molecular weight is 466 g/mol. The first-order chi connectivity index (χ1) is 14.5. The molecule has 2 aromatic carbocycles. The van der Waals surface area contributed by atoms with Crippen LogP contribution < -0.4 is 14.8 Å². The molecule has 0 aliphatic carbocycles. The van der Waals surface area contributed by atoms with Crippen LogP contribution >= 0.6 is 11.6 Å². The smallest absolute Gasteiger partial charge is 0.293 e. The molecule has 0 aromatic heterocycles. The molecule has 1 fully saturated rings. The number of nitro benzene ring substituents is 1. The van der Waals surface area contributed by atoms with Crippen molar-refractivity contribution in [1.29, 1.82) is 0 Å². The second-order valence-electron chi connectivity index (χ2n) is 7.92. The second kappa shape index (κ2) is 7.47. The Bertz CT molecular complexity index is 1210. The van der Waals surface area contributed by atoms with E-state index >= 15 is 0 Å². The van der Waals surface area contributed by atoms with Crippen LogP contribution in [0.1, 0.15) is 35.2 Å². The van der Waals surface area contributed by atoms with Crippen molar-refractivity contribution in [1.82, 2.24) is 0 Å². The van der Waals surface area contributed by atoms with Gasteiger partial charge in [0, 0.05) is 37.0 Å². The van der Waals surface area contributed by atoms with Crippen LogP contribution in [-0.4, -0.2) is 37.8 Å². The lowest BCUT2D eigenvalue weighted by Gasteiger charge is -2.44. The maximum absolute atomic E-state index is 12.7. The molecule has 9 nitrogen and oxygen atoms in total. The van der Waals surface area contributed by atoms with Gasteiger partial charge >= 0.3 is 0 Å². The third-order valence-electron chi connectivity index (χ3n) is 5.86. The van der Waals surface area contributed by atoms with Crippen molar-refractivity contribution in [2.75, 3.05) is 18.0 Å². The van der Waals surface area contributed by atoms with Crippen LogP contribution in [0.25, 0.3) is 0 Å². The van der Waals surface area contributed by atoms with Gasteiger partial charge in [0.2, 0.25) is 10.0 Å². The van der Waals surface area contributed by atoms with Gasteiger partial charge in [-0.05, 0) is 36.8 Å². The van der Waals surface area contributed by atoms with Gasteiger partial charge in [-0.3, -0.25) is 14.9 Å². The van der Waals surface area contributed by atoms with Crippen molar-refractivity contribution in [3.63, 3.8) is 0 Å². The zero-order chi connectivity index (χ0) is 22.6. The van der Waals surface area contributed by atoms with Gasteiger partial charge in [-0.15, -0.1) is 0 Å². The van der Waals surface area contributed by atoms with Gasteiger partial charge in [0.1, 0.15) is 17.0 Å². The van der Waals surface area contributed by atoms with Crippen LogP contribution in [0.15, 0.2) is 35.2 Å². The van der Waals surface area contributed by atoms with Gasteiger partial charge in [-0.1, -0.05) is 11.6 Å². The number of anilines is 1. The number of primary sulfonamides is 1. The fraction of sp³-hybridized carbons (Fsp3) is 0.350. The van der Waals surface area contributed by atoms with Crippen LogP contribution in [0.2, 0.25) is 5.02 Å². The predicted molar refractivity (Wildman–Crippen MR) is 114 cm³/mol. The number of hydrogen-bond acceptors (Lipinski definition) is 7. The summed E-state index contributed by atoms with van der Waals surface area (Å²) in [6, 6.07) is 7.01. The van der Waals surface area contributed by atoms with E-state index in [1.54, 1.807) is 17.0 Å². The third-order valence-corrected chi connectivity index (χ3v) is 7.18. The number of benzene rings is 2. The highest BCUT2D eigenvalue weighted by atomic mass is 35.5. The van der Waals surface area contributed by atoms with E-state index in [9.17, 15) is 23.3 Å². The molecule has 4 rings (SSSR count). The first-order valence-corrected chi connectivity index (χ1v) is 11.5. The molecular weight excluding hydrogens is 446 g/mol. The SMILES string of the molecule is Cc1cc2c(cc1Cl)C(=O)CC1(CCN(c3ccc(S(N)(=O)=O)cc3[N+](=O)[O-])CC1)O2. The fourth-order valence-corrected chi connectivity index (χ4v) is 4.84. The number of ketones is 1. The Morgan fingerprint density at radius 3 is 2.52 bits per heavy atom. The monoisotopic (exact) mass is 465 g/mol. The Hall–Kier alpha value is -2.69. The highest BCUT2D eigenvalue weighted by Gasteiger charge is 2.44. The van der Waals surface area contributed by atoms with Crippen molar-refractivity contribution in [2.45, 2.75) is 36.7 Å². The van der Waals surface area contributed by atoms with E-state index in [0.29, 0.717) is 48.0 Å². The molecule has 0 saturated carbocycles. The van der Waals surface area contributed by atoms with Crippen LogP contribution in [0.4, 0.5) is 11.4 Å². The highest BCUT2D eigenvalue weighted by Crippen LogP contribution is 2.42. The minimum absolute atomic E-state index is 0.0416. The van der Waals surface area contributed by atoms with Crippen LogP contribution in [0.5, 0.6) is 5.75 Å². The molecule has 0 atom stereocenters. The molecule has 0 bridgehead atoms. The number of aryl methyl sites for hydroxylation is 1. The lowest BCUT2D eigenvalue weighted by Crippen LogP contribution is -2.51. The molecule has 31 heavy (non-hydrogen) atoms. The van der Waals surface area contributed by atoms with Crippen LogP contribution in [0.3, 0.4) is 0 Å². The summed E-state index contributed by atoms with van der Waals surface area (Å²) in [5.74, 6) is 0.468. The molecule has 11 heteroatoms. The maximum Gasteiger partial charge on any atom is 0.293 e. The number of hydrogen-bond donors (Lipinski definition) is 1. The molecule has 2 aromatic rings. The quantitative estimate of drug-likeness (QED) is 0.543. The molecule has 2 aliphatic rings. The van der Waals surface area contributed by atoms with E-state index in [1.165, 1.54) is 12.1 Å². The van der Waals surface area contributed by atoms with Crippen molar-refractivity contribution >= 4 is 38.8 Å². The number of piperidine rings is 1. The third kappa shape index (κ3) is 3.98. The highest BCUT2D eigenvalue weighted by molar-refractivity contribution is 7.89. The molecule has 0 unspecified atom stereocenters. The van der Waals surface area contributed by atoms with E-state index in [2.05, 4.69) is 0 Å². The Labute approximate surface area is 183 Å². The van der Waals surface area contributed by atoms with E-state index < -0.39 is 20.5 Å². The number of carbonyl (C=O) groups excluding carboxylic acids is 1. The molecule has 2 N–H and O–H groups in total. The number of halogens is 1. The molecule has 1 saturated heterocycles. The van der Waals surface area contributed by atoms with Gasteiger partial charge in [-0.2, -0.15) is 0 Å². The number of rotatable bonds is 3. The summed E-state index contributed by atoms with van der Waals surface area (Å²) in [6.45, 7) is 2.65. The maximum atomic E-state index is 12.7. The number of ether oxygens (including phenoxy) is 1. The van der Waals surface area contributed by atoms with Gasteiger partial charge in [0.15, 0.2) is 5.78 Å². The largest absolute Gasteiger partial charge is 0.486 e. The predicted octanol–water partition coefficient (Wildman–Crippen LogP) is 3.21. The minimum Gasteiger partial charge on any atom is -0.486 e. The number of Topliss-reactive ketones (excluding diaryl/α,β-unsaturated/α-hetero) is 1. The van der Waals surface area contributed by atoms with Crippen molar-refractivity contribution < 1.29 is 22.9 Å². The number of fused-ring (bicyclic) bond motifs is 1. The van der Waals surface area contributed by atoms with Crippen molar-refractivity contribution in [2.24, 2.45) is 5.14 Å². The normalized spacial score (nSPS) is 17.9. The van der Waals surface area contributed by atoms with Gasteiger partial charge < -0.3 is 9.64 Å². The van der Waals surface area contributed by atoms with Crippen LogP contribution in [0, 0.1) is 17.0 Å². The summed E-state index contributed by atoms with van der Waals surface area (Å²) in [5.41, 5.74) is 0.568. The molecular formula is C20H20ClN3O6S. The first-order valence-electron chi connectivity index (χ1n) is 9.58. The van der Waals surface area contributed by atoms with E-state index in [0.717, 1.165) is 11.6 Å². The first kappa shape index (κ1) is 21.5. The van der Waals surface area contributed by atoms with Crippen molar-refractivity contribution in [3.8, 4) is 5.75 Å². The molecule has 0 radical (unpaired) electrons. The number of nitrogens with zero attached hydrogens (tertiary/aromatic N) is 2. The Morgan fingerprint density at radius 1 is 1.23 bits per heavy atom. The number of sulfonamides is 1. The average Bonchev–Trinajstić information content (AvgIpc) is 2.69. The van der Waals surface area contributed by atoms with Crippen LogP contribution in [-0.2, 0) is 10.0 Å². The molecule has 2 aliphatic heterocycles. The summed E-state index contributed by atoms with van der Waals surface area (Å²) >= 11 is 6.14. The van der Waals surface area contributed by atoms with E-state index in [-0.39, 0.29) is 22.8 Å². The van der Waals surface area contributed by atoms with Gasteiger partial charge in [0.25, 0.3) is 5.69 Å². The van der Waals surface area contributed by atoms with Crippen molar-refractivity contribution in [3.05, 3.63) is 56.6 Å². The van der Waals surface area contributed by atoms with Gasteiger partial charge in [-0.25, -0.2) is 13.6 Å². The zero-order valence-electron chi connectivity index (χ0n) is 16.6. The minimum atomic E-state index is -4.06. The molecule has 1 spiro atoms. The summed E-state index contributed by atoms with van der Waals surface area (Å²) in [6.07, 6.45) is 1.17. The number of nitro groups is 1. The summed E-state index contributed by atoms with van der Waals surface area (Å²) in [7, 11) is -4.06. The summed E-state index contributed by atoms with van der Waals surface area (Å²) < 4.78 is 29.4. The number of nitrogens with two attached hydrogens (primary N) is 1. The summed E-state index contributed by atoms with van der Waals surface area (Å²) in [4.78, 5) is 25.1. The fourth-order valence-electron chi connectivity index (χ4n) is 4.14. The standard InChI is InChI=1S/C20H20ClN3O6S/c1-12-8-19-14(10-15(12)21)18(25)11-20(30-19)4-6-23(7-5-20)16-3-2-13(31(22,28)29)9-17(16)24(26)27/h2-3,8-10H,4-7,11H2,1H3,(H2,22,28,29). The summed E-state index contributed by atoms with van der Waals surface area (Å²) in [5, 5.41) is 17.2. The van der Waals surface area contributed by atoms with Gasteiger partial charge in [0.05, 0.1) is 21.8 Å². The number of carbonyl (C=O) groups is 1. The zero-order valence-corrected chi connectivity index (χ0v) is 18.2. The molecule has 2 heterocycles. The Morgan fingerprint density at radius 2 is 1.90 bits per heavy atom. The van der Waals surface area contributed by atoms with E-state index in [4.69, 9.17) is 21.5 Å². The lowest BCUT2D eigenvalue weighted by atomic mass is 9.82. The molecule has 0 amide bonds. The Kier molecular flexibility index (Phi) is 5.19. The topological polar surface area (TPSA) is 133 Å². The lowest BCUT2D eigenvalue weighted by molar-refractivity contribution is -0.384. The Balaban J connectivity index is 1.59.